The highest BCUT2D eigenvalue weighted by Crippen LogP contribution is 2.69. The molecule has 2 heteroatoms. The van der Waals surface area contributed by atoms with Gasteiger partial charge >= 0.3 is 0 Å². The predicted molar refractivity (Wildman–Crippen MR) is 134 cm³/mol. The van der Waals surface area contributed by atoms with Crippen LogP contribution in [-0.2, 0) is 0 Å². The standard InChI is InChI=1S/C30H52O2/c1-7-9-22-25-12-11-21-24-14-13-23(20(2)10-8-17-28(3,4)32)29(24,5)18-15-26(21)30(25,6)19-16-27(22)31/h7,20-27,31-32H,1,8-19H2,2-6H3/t20-,21+,22+,23-,24+,25?,26+,27-,29-,30+/m1/s1. The summed E-state index contributed by atoms with van der Waals surface area (Å²) in [4.78, 5) is 0. The maximum Gasteiger partial charge on any atom is 0.0591 e. The maximum absolute atomic E-state index is 10.8. The molecule has 2 nitrogen and oxygen atoms in total. The van der Waals surface area contributed by atoms with E-state index in [0.717, 1.165) is 55.3 Å². The molecule has 0 aromatic rings. The molecule has 4 saturated carbocycles. The summed E-state index contributed by atoms with van der Waals surface area (Å²) in [5.74, 6) is 5.44. The highest BCUT2D eigenvalue weighted by atomic mass is 16.3. The molecule has 4 aliphatic rings. The third-order valence-electron chi connectivity index (χ3n) is 11.6. The van der Waals surface area contributed by atoms with Crippen molar-refractivity contribution in [1.82, 2.24) is 0 Å². The second kappa shape index (κ2) is 9.03. The van der Waals surface area contributed by atoms with Crippen LogP contribution in [0.25, 0.3) is 0 Å². The average Bonchev–Trinajstić information content (AvgIpc) is 3.07. The number of rotatable bonds is 7. The van der Waals surface area contributed by atoms with Crippen LogP contribution in [0, 0.1) is 52.3 Å². The first-order valence-corrected chi connectivity index (χ1v) is 14.0. The van der Waals surface area contributed by atoms with Crippen LogP contribution in [0.2, 0.25) is 0 Å². The zero-order valence-corrected chi connectivity index (χ0v) is 21.8. The molecule has 10 atom stereocenters. The van der Waals surface area contributed by atoms with E-state index in [2.05, 4.69) is 33.4 Å². The van der Waals surface area contributed by atoms with Crippen molar-refractivity contribution in [2.45, 2.75) is 123 Å². The maximum atomic E-state index is 10.8. The Morgan fingerprint density at radius 1 is 0.969 bits per heavy atom. The quantitative estimate of drug-likeness (QED) is 0.402. The van der Waals surface area contributed by atoms with Gasteiger partial charge in [-0.1, -0.05) is 39.7 Å². The van der Waals surface area contributed by atoms with Gasteiger partial charge in [-0.15, -0.1) is 6.58 Å². The summed E-state index contributed by atoms with van der Waals surface area (Å²) in [6, 6.07) is 0. The molecule has 4 fully saturated rings. The Labute approximate surface area is 198 Å². The molecule has 4 aliphatic carbocycles. The Morgan fingerprint density at radius 2 is 1.62 bits per heavy atom. The van der Waals surface area contributed by atoms with Crippen LogP contribution >= 0.6 is 0 Å². The van der Waals surface area contributed by atoms with Crippen LogP contribution < -0.4 is 0 Å². The van der Waals surface area contributed by atoms with Crippen molar-refractivity contribution < 1.29 is 10.2 Å². The Kier molecular flexibility index (Phi) is 6.99. The highest BCUT2D eigenvalue weighted by molar-refractivity contribution is 5.11. The minimum absolute atomic E-state index is 0.114. The van der Waals surface area contributed by atoms with E-state index in [1.165, 1.54) is 51.4 Å². The first-order chi connectivity index (χ1) is 15.0. The molecule has 0 aromatic carbocycles. The van der Waals surface area contributed by atoms with Crippen LogP contribution in [0.1, 0.15) is 112 Å². The lowest BCUT2D eigenvalue weighted by atomic mass is 9.43. The van der Waals surface area contributed by atoms with Gasteiger partial charge in [0, 0.05) is 0 Å². The number of fused-ring (bicyclic) bond motifs is 5. The van der Waals surface area contributed by atoms with Crippen molar-refractivity contribution in [3.8, 4) is 0 Å². The molecule has 0 saturated heterocycles. The van der Waals surface area contributed by atoms with Crippen LogP contribution in [0.15, 0.2) is 12.7 Å². The first kappa shape index (κ1) is 24.8. The van der Waals surface area contributed by atoms with Crippen LogP contribution in [0.3, 0.4) is 0 Å². The number of hydrogen-bond acceptors (Lipinski definition) is 2. The Hall–Kier alpha value is -0.340. The lowest BCUT2D eigenvalue weighted by Gasteiger charge is -2.62. The molecule has 184 valence electrons. The molecule has 0 aliphatic heterocycles. The van der Waals surface area contributed by atoms with E-state index in [1.54, 1.807) is 0 Å². The SMILES string of the molecule is C=CC[C@H]1C2CC[C@H]3[C@@H]4CC[C@H]([C@H](C)CCCC(C)(C)O)[C@@]4(C)CC[C@@H]3[C@@]2(C)CC[C@H]1O. The Morgan fingerprint density at radius 3 is 2.31 bits per heavy atom. The van der Waals surface area contributed by atoms with Crippen LogP contribution in [-0.4, -0.2) is 21.9 Å². The lowest BCUT2D eigenvalue weighted by molar-refractivity contribution is -0.152. The smallest absolute Gasteiger partial charge is 0.0591 e. The number of aliphatic hydroxyl groups excluding tert-OH is 1. The topological polar surface area (TPSA) is 40.5 Å². The summed E-state index contributed by atoms with van der Waals surface area (Å²) in [5, 5.41) is 20.9. The van der Waals surface area contributed by atoms with Gasteiger partial charge in [-0.25, -0.2) is 0 Å². The van der Waals surface area contributed by atoms with Gasteiger partial charge in [0.05, 0.1) is 11.7 Å². The molecule has 0 spiro atoms. The summed E-state index contributed by atoms with van der Waals surface area (Å²) in [5.41, 5.74) is 0.422. The molecule has 2 N–H and O–H groups in total. The molecule has 1 unspecified atom stereocenters. The van der Waals surface area contributed by atoms with E-state index in [-0.39, 0.29) is 6.10 Å². The van der Waals surface area contributed by atoms with Gasteiger partial charge in [-0.05, 0) is 130 Å². The second-order valence-electron chi connectivity index (χ2n) is 13.8. The summed E-state index contributed by atoms with van der Waals surface area (Å²) in [7, 11) is 0. The van der Waals surface area contributed by atoms with Gasteiger partial charge in [-0.2, -0.15) is 0 Å². The van der Waals surface area contributed by atoms with Crippen LogP contribution in [0.4, 0.5) is 0 Å². The third-order valence-corrected chi connectivity index (χ3v) is 11.6. The van der Waals surface area contributed by atoms with Crippen molar-refractivity contribution >= 4 is 0 Å². The summed E-state index contributed by atoms with van der Waals surface area (Å²) in [6.45, 7) is 15.7. The minimum Gasteiger partial charge on any atom is -0.393 e. The fraction of sp³-hybridized carbons (Fsp3) is 0.933. The van der Waals surface area contributed by atoms with Crippen molar-refractivity contribution in [3.05, 3.63) is 12.7 Å². The molecule has 32 heavy (non-hydrogen) atoms. The van der Waals surface area contributed by atoms with Gasteiger partial charge in [0.1, 0.15) is 0 Å². The highest BCUT2D eigenvalue weighted by Gasteiger charge is 2.61. The van der Waals surface area contributed by atoms with Crippen molar-refractivity contribution in [3.63, 3.8) is 0 Å². The van der Waals surface area contributed by atoms with E-state index < -0.39 is 5.60 Å². The van der Waals surface area contributed by atoms with Gasteiger partial charge in [0.2, 0.25) is 0 Å². The van der Waals surface area contributed by atoms with Gasteiger partial charge in [0.25, 0.3) is 0 Å². The molecular formula is C30H52O2. The van der Waals surface area contributed by atoms with E-state index in [1.807, 2.05) is 13.8 Å². The molecule has 4 rings (SSSR count). The fourth-order valence-electron chi connectivity index (χ4n) is 10.0. The van der Waals surface area contributed by atoms with E-state index >= 15 is 0 Å². The van der Waals surface area contributed by atoms with E-state index in [0.29, 0.717) is 22.7 Å². The summed E-state index contributed by atoms with van der Waals surface area (Å²) in [6.07, 6.45) is 16.9. The molecular weight excluding hydrogens is 392 g/mol. The first-order valence-electron chi connectivity index (χ1n) is 14.0. The Balaban J connectivity index is 1.47. The molecule has 0 radical (unpaired) electrons. The van der Waals surface area contributed by atoms with E-state index in [9.17, 15) is 10.2 Å². The van der Waals surface area contributed by atoms with Gasteiger partial charge in [0.15, 0.2) is 0 Å². The monoisotopic (exact) mass is 444 g/mol. The summed E-state index contributed by atoms with van der Waals surface area (Å²) < 4.78 is 0. The van der Waals surface area contributed by atoms with Crippen molar-refractivity contribution in [1.29, 1.82) is 0 Å². The largest absolute Gasteiger partial charge is 0.393 e. The number of aliphatic hydroxyl groups is 2. The normalized spacial score (nSPS) is 47.3. The number of hydrogen-bond donors (Lipinski definition) is 2. The zero-order chi connectivity index (χ0) is 23.3. The second-order valence-corrected chi connectivity index (χ2v) is 13.8. The van der Waals surface area contributed by atoms with Crippen molar-refractivity contribution in [2.75, 3.05) is 0 Å². The van der Waals surface area contributed by atoms with Gasteiger partial charge in [-0.3, -0.25) is 0 Å². The average molecular weight is 445 g/mol. The molecule has 0 bridgehead atoms. The van der Waals surface area contributed by atoms with E-state index in [4.69, 9.17) is 0 Å². The third kappa shape index (κ3) is 4.26. The lowest BCUT2D eigenvalue weighted by Crippen LogP contribution is -2.56. The van der Waals surface area contributed by atoms with Crippen LogP contribution in [0.5, 0.6) is 0 Å². The minimum atomic E-state index is -0.523. The van der Waals surface area contributed by atoms with Crippen molar-refractivity contribution in [2.24, 2.45) is 52.3 Å². The van der Waals surface area contributed by atoms with Gasteiger partial charge < -0.3 is 10.2 Å². The number of allylic oxidation sites excluding steroid dienone is 1. The summed E-state index contributed by atoms with van der Waals surface area (Å²) >= 11 is 0. The predicted octanol–water partition coefficient (Wildman–Crippen LogP) is 7.39. The zero-order valence-electron chi connectivity index (χ0n) is 21.8. The Bertz CT molecular complexity index is 664. The fourth-order valence-corrected chi connectivity index (χ4v) is 10.0. The molecule has 0 amide bonds. The molecule has 0 aromatic heterocycles. The molecule has 0 heterocycles.